The highest BCUT2D eigenvalue weighted by atomic mass is 32.2. The van der Waals surface area contributed by atoms with Gasteiger partial charge in [-0.25, -0.2) is 36.8 Å². The van der Waals surface area contributed by atoms with Gasteiger partial charge in [-0.15, -0.1) is 0 Å². The van der Waals surface area contributed by atoms with E-state index >= 15 is 4.79 Å². The van der Waals surface area contributed by atoms with Gasteiger partial charge in [-0.1, -0.05) is 199 Å². The van der Waals surface area contributed by atoms with Gasteiger partial charge < -0.3 is 18.6 Å². The van der Waals surface area contributed by atoms with E-state index in [0.717, 1.165) is 33.4 Å². The van der Waals surface area contributed by atoms with Crippen LogP contribution in [0, 0.1) is 0 Å². The Morgan fingerprint density at radius 3 is 1.16 bits per heavy atom. The van der Waals surface area contributed by atoms with Gasteiger partial charge in [-0.05, 0) is 128 Å². The van der Waals surface area contributed by atoms with E-state index in [9.17, 15) is 16.8 Å². The van der Waals surface area contributed by atoms with Crippen LogP contribution in [0.1, 0.15) is 97.9 Å². The van der Waals surface area contributed by atoms with Gasteiger partial charge in [0.05, 0.1) is 47.4 Å². The Kier molecular flexibility index (Phi) is 18.0. The van der Waals surface area contributed by atoms with Crippen molar-refractivity contribution in [2.24, 2.45) is 0 Å². The Morgan fingerprint density at radius 2 is 0.809 bits per heavy atom. The summed E-state index contributed by atoms with van der Waals surface area (Å²) in [7, 11) is -7.99. The minimum Gasteiger partial charge on any atom is -0.437 e. The van der Waals surface area contributed by atoms with Crippen molar-refractivity contribution in [3.63, 3.8) is 0 Å². The second-order valence-corrected chi connectivity index (χ2v) is 28.2. The van der Waals surface area contributed by atoms with Crippen LogP contribution < -0.4 is 18.9 Å². The fourth-order valence-electron chi connectivity index (χ4n) is 10.7. The minimum absolute atomic E-state index is 0.108. The molecule has 8 aromatic carbocycles. The number of imidazole rings is 2. The fourth-order valence-corrected chi connectivity index (χ4v) is 12.9. The number of carbonyl (C=O) groups is 1. The number of sulfonamides is 2. The standard InChI is InChI=1S/C75H68N10O7S2/c1-74(2,3)57-27-39-63(40-28-57)93(87,88)82-59-31-23-55(24-32-59)65(43-21-51-17-35-61(36-18-51)91-72-67-70(76-47-78-72)84(49-80-67)45-53-13-9-7-10-14-53)69(86)66(56-25-33-60(34-26-56)83-94(89,90)64-41-29-58(30-42-64)75(4,5)6)44-22-52-19-37-62(38-20-52)92-73-68-71(77-48-79-73)85(50-81-68)46-54-15-11-8-12-16-54/h7-44,47-50,65-66,82-83H,45-46H2,1-6H3/b43-21+,44-22+. The maximum Gasteiger partial charge on any atom is 0.261 e. The quantitative estimate of drug-likeness (QED) is 0.0647. The van der Waals surface area contributed by atoms with Crippen LogP contribution in [0.15, 0.2) is 254 Å². The van der Waals surface area contributed by atoms with Crippen molar-refractivity contribution in [3.05, 3.63) is 288 Å². The second-order valence-electron chi connectivity index (χ2n) is 24.8. The first-order valence-electron chi connectivity index (χ1n) is 30.5. The van der Waals surface area contributed by atoms with Crippen molar-refractivity contribution in [1.82, 2.24) is 39.0 Å². The van der Waals surface area contributed by atoms with Crippen LogP contribution >= 0.6 is 0 Å². The molecule has 0 aliphatic rings. The third-order valence-electron chi connectivity index (χ3n) is 16.0. The molecule has 0 spiro atoms. The van der Waals surface area contributed by atoms with Gasteiger partial charge in [0.2, 0.25) is 0 Å². The number of rotatable bonds is 22. The third-order valence-corrected chi connectivity index (χ3v) is 18.8. The molecular formula is C75H68N10O7S2. The van der Waals surface area contributed by atoms with E-state index in [1.807, 2.05) is 143 Å². The Balaban J connectivity index is 0.855. The third kappa shape index (κ3) is 14.9. The number of hydrogen-bond donors (Lipinski definition) is 2. The number of nitrogens with one attached hydrogen (secondary N) is 2. The first-order chi connectivity index (χ1) is 45.2. The van der Waals surface area contributed by atoms with E-state index < -0.39 is 31.9 Å². The summed E-state index contributed by atoms with van der Waals surface area (Å²) in [5.74, 6) is -0.511. The lowest BCUT2D eigenvalue weighted by atomic mass is 9.82. The summed E-state index contributed by atoms with van der Waals surface area (Å²) < 4.78 is 77.1. The lowest BCUT2D eigenvalue weighted by molar-refractivity contribution is -0.120. The van der Waals surface area contributed by atoms with Crippen LogP contribution in [0.25, 0.3) is 34.5 Å². The van der Waals surface area contributed by atoms with Crippen molar-refractivity contribution in [2.45, 2.75) is 87.1 Å². The molecule has 4 heterocycles. The first-order valence-corrected chi connectivity index (χ1v) is 33.5. The zero-order chi connectivity index (χ0) is 65.6. The van der Waals surface area contributed by atoms with Gasteiger partial charge in [-0.2, -0.15) is 9.97 Å². The Bertz CT molecular complexity index is 4620. The monoisotopic (exact) mass is 1280 g/mol. The summed E-state index contributed by atoms with van der Waals surface area (Å²) in [6.45, 7) is 13.5. The molecule has 472 valence electrons. The molecule has 94 heavy (non-hydrogen) atoms. The van der Waals surface area contributed by atoms with Crippen LogP contribution in [0.2, 0.25) is 0 Å². The van der Waals surface area contributed by atoms with Gasteiger partial charge >= 0.3 is 0 Å². The maximum atomic E-state index is 15.8. The van der Waals surface area contributed by atoms with E-state index in [-0.39, 0.29) is 26.4 Å². The predicted molar refractivity (Wildman–Crippen MR) is 368 cm³/mol. The Morgan fingerprint density at radius 1 is 0.447 bits per heavy atom. The molecule has 2 N–H and O–H groups in total. The van der Waals surface area contributed by atoms with E-state index in [2.05, 4.69) is 80.9 Å². The largest absolute Gasteiger partial charge is 0.437 e. The number of carbonyl (C=O) groups excluding carboxylic acids is 1. The smallest absolute Gasteiger partial charge is 0.261 e. The molecule has 12 rings (SSSR count). The molecule has 0 aliphatic heterocycles. The molecule has 0 radical (unpaired) electrons. The molecule has 19 heteroatoms. The molecule has 0 bridgehead atoms. The molecule has 0 saturated carbocycles. The summed E-state index contributed by atoms with van der Waals surface area (Å²) in [5.41, 5.74) is 9.33. The topological polar surface area (TPSA) is 215 Å². The highest BCUT2D eigenvalue weighted by Gasteiger charge is 2.28. The van der Waals surface area contributed by atoms with Crippen molar-refractivity contribution in [3.8, 4) is 23.3 Å². The van der Waals surface area contributed by atoms with Crippen LogP contribution in [-0.4, -0.2) is 61.7 Å². The van der Waals surface area contributed by atoms with Crippen molar-refractivity contribution in [1.29, 1.82) is 0 Å². The van der Waals surface area contributed by atoms with Crippen LogP contribution in [-0.2, 0) is 48.8 Å². The van der Waals surface area contributed by atoms with Crippen LogP contribution in [0.5, 0.6) is 23.3 Å². The molecule has 4 aromatic heterocycles. The molecular weight excluding hydrogens is 1220 g/mol. The number of ketones is 1. The number of allylic oxidation sites excluding steroid dienone is 2. The lowest BCUT2D eigenvalue weighted by Crippen LogP contribution is -2.19. The summed E-state index contributed by atoms with van der Waals surface area (Å²) in [4.78, 5) is 43.1. The van der Waals surface area contributed by atoms with E-state index in [4.69, 9.17) is 9.47 Å². The highest BCUT2D eigenvalue weighted by molar-refractivity contribution is 7.93. The number of benzene rings is 8. The van der Waals surface area contributed by atoms with Crippen molar-refractivity contribution >= 4 is 71.7 Å². The van der Waals surface area contributed by atoms with E-state index in [0.29, 0.717) is 81.2 Å². The summed E-state index contributed by atoms with van der Waals surface area (Å²) in [6, 6.07) is 61.8. The maximum absolute atomic E-state index is 15.8. The predicted octanol–water partition coefficient (Wildman–Crippen LogP) is 15.7. The molecule has 0 aliphatic carbocycles. The number of ether oxygens (including phenoxy) is 2. The van der Waals surface area contributed by atoms with E-state index in [1.54, 1.807) is 110 Å². The molecule has 12 aromatic rings. The number of fused-ring (bicyclic) bond motifs is 2. The summed E-state index contributed by atoms with van der Waals surface area (Å²) >= 11 is 0. The van der Waals surface area contributed by atoms with Gasteiger partial charge in [-0.3, -0.25) is 14.2 Å². The average molecular weight is 1290 g/mol. The molecule has 0 amide bonds. The molecule has 17 nitrogen and oxygen atoms in total. The van der Waals surface area contributed by atoms with Gasteiger partial charge in [0.15, 0.2) is 28.1 Å². The number of hydrogen-bond acceptors (Lipinski definition) is 13. The zero-order valence-corrected chi connectivity index (χ0v) is 54.2. The number of anilines is 2. The second kappa shape index (κ2) is 26.7. The molecule has 2 unspecified atom stereocenters. The van der Waals surface area contributed by atoms with E-state index in [1.165, 1.54) is 12.7 Å². The molecule has 2 atom stereocenters. The normalized spacial score (nSPS) is 12.9. The van der Waals surface area contributed by atoms with Gasteiger partial charge in [0.1, 0.15) is 24.2 Å². The molecule has 0 fully saturated rings. The van der Waals surface area contributed by atoms with Crippen molar-refractivity contribution in [2.75, 3.05) is 9.44 Å². The Hall–Kier alpha value is -10.9. The summed E-state index contributed by atoms with van der Waals surface area (Å²) in [5, 5.41) is 0. The Labute approximate surface area is 546 Å². The van der Waals surface area contributed by atoms with Crippen molar-refractivity contribution < 1.29 is 31.1 Å². The average Bonchev–Trinajstić information content (AvgIpc) is 1.39. The summed E-state index contributed by atoms with van der Waals surface area (Å²) in [6.07, 6.45) is 13.7. The van der Waals surface area contributed by atoms with Crippen LogP contribution in [0.4, 0.5) is 11.4 Å². The van der Waals surface area contributed by atoms with Gasteiger partial charge in [0, 0.05) is 11.4 Å². The lowest BCUT2D eigenvalue weighted by Gasteiger charge is -2.21. The minimum atomic E-state index is -4.00. The van der Waals surface area contributed by atoms with Gasteiger partial charge in [0.25, 0.3) is 31.8 Å². The van der Waals surface area contributed by atoms with Crippen LogP contribution in [0.3, 0.4) is 0 Å². The fraction of sp³-hybridized carbons (Fsp3) is 0.160. The number of Topliss-reactive ketones (excluding diaryl/α,β-unsaturated/α-hetero) is 1. The zero-order valence-electron chi connectivity index (χ0n) is 52.6. The number of aromatic nitrogens is 8. The highest BCUT2D eigenvalue weighted by Crippen LogP contribution is 2.35. The first kappa shape index (κ1) is 63.3. The SMILES string of the molecule is CC(C)(C)c1ccc(S(=O)(=O)Nc2ccc(C(/C=C/c3ccc(Oc4ncnc5c4ncn5Cc4ccccc4)cc3)C(=O)C(/C=C/c3ccc(Oc4ncnc5c4ncn5Cc4ccccc4)cc3)c3ccc(NS(=O)(=O)c4ccc(C(C)(C)C)cc4)cc3)cc2)cc1. The number of nitrogens with zero attached hydrogens (tertiary/aromatic N) is 8. The molecule has 0 saturated heterocycles.